The average Bonchev–Trinajstić information content (AvgIpc) is 2.96. The Morgan fingerprint density at radius 3 is 2.71 bits per heavy atom. The smallest absolute Gasteiger partial charge is 0.0991 e. The largest absolute Gasteiger partial charge is 0.387 e. The molecule has 0 saturated carbocycles. The molecule has 0 spiro atoms. The first-order valence-electron chi connectivity index (χ1n) is 7.27. The van der Waals surface area contributed by atoms with Crippen LogP contribution >= 0.6 is 0 Å². The number of fused-ring (bicyclic) bond motifs is 1. The highest BCUT2D eigenvalue weighted by Crippen LogP contribution is 2.31. The summed E-state index contributed by atoms with van der Waals surface area (Å²) in [6.45, 7) is 0.519. The second-order valence-electron chi connectivity index (χ2n) is 5.45. The lowest BCUT2D eigenvalue weighted by molar-refractivity contribution is 0.169. The summed E-state index contributed by atoms with van der Waals surface area (Å²) in [5, 5.41) is 22.5. The summed E-state index contributed by atoms with van der Waals surface area (Å²) in [5.74, 6) is 0. The van der Waals surface area contributed by atoms with E-state index in [2.05, 4.69) is 35.7 Å². The molecule has 0 radical (unpaired) electrons. The van der Waals surface area contributed by atoms with Gasteiger partial charge in [0.25, 0.3) is 0 Å². The third-order valence-electron chi connectivity index (χ3n) is 4.12. The number of benzene rings is 2. The fraction of sp³-hybridized carbons (Fsp3) is 0.278. The third-order valence-corrected chi connectivity index (χ3v) is 4.12. The van der Waals surface area contributed by atoms with Crippen molar-refractivity contribution in [3.8, 4) is 6.07 Å². The molecule has 0 saturated heterocycles. The SMILES string of the molecule is N#Cc1ccc(C(O)CNC2CCc3ccccc32)cc1. The Labute approximate surface area is 124 Å². The molecule has 0 heterocycles. The predicted octanol–water partition coefficient (Wildman–Crippen LogP) is 2.87. The molecule has 3 heteroatoms. The summed E-state index contributed by atoms with van der Waals surface area (Å²) in [4.78, 5) is 0. The molecule has 1 aliphatic rings. The average molecular weight is 278 g/mol. The quantitative estimate of drug-likeness (QED) is 0.904. The van der Waals surface area contributed by atoms with Gasteiger partial charge in [-0.05, 0) is 41.7 Å². The molecule has 0 amide bonds. The maximum Gasteiger partial charge on any atom is 0.0991 e. The monoisotopic (exact) mass is 278 g/mol. The van der Waals surface area contributed by atoms with Crippen LogP contribution in [0, 0.1) is 11.3 Å². The summed E-state index contributed by atoms with van der Waals surface area (Å²) < 4.78 is 0. The highest BCUT2D eigenvalue weighted by molar-refractivity contribution is 5.35. The van der Waals surface area contributed by atoms with Gasteiger partial charge in [0, 0.05) is 12.6 Å². The van der Waals surface area contributed by atoms with Crippen molar-refractivity contribution in [3.05, 3.63) is 70.8 Å². The molecule has 1 aliphatic carbocycles. The van der Waals surface area contributed by atoms with E-state index in [0.29, 0.717) is 18.2 Å². The van der Waals surface area contributed by atoms with Crippen LogP contribution in [0.4, 0.5) is 0 Å². The lowest BCUT2D eigenvalue weighted by Crippen LogP contribution is -2.25. The first-order valence-corrected chi connectivity index (χ1v) is 7.27. The fourth-order valence-corrected chi connectivity index (χ4v) is 2.92. The molecule has 0 fully saturated rings. The summed E-state index contributed by atoms with van der Waals surface area (Å²) in [7, 11) is 0. The van der Waals surface area contributed by atoms with Gasteiger partial charge in [-0.3, -0.25) is 0 Å². The molecule has 106 valence electrons. The van der Waals surface area contributed by atoms with Gasteiger partial charge in [-0.25, -0.2) is 0 Å². The summed E-state index contributed by atoms with van der Waals surface area (Å²) in [6, 6.07) is 18.0. The molecule has 2 unspecified atom stereocenters. The van der Waals surface area contributed by atoms with Crippen molar-refractivity contribution in [1.82, 2.24) is 5.32 Å². The molecule has 0 bridgehead atoms. The summed E-state index contributed by atoms with van der Waals surface area (Å²) in [5.41, 5.74) is 4.21. The van der Waals surface area contributed by atoms with Gasteiger partial charge in [-0.1, -0.05) is 36.4 Å². The zero-order valence-electron chi connectivity index (χ0n) is 11.8. The Kier molecular flexibility index (Phi) is 4.01. The number of hydrogen-bond donors (Lipinski definition) is 2. The second-order valence-corrected chi connectivity index (χ2v) is 5.45. The Morgan fingerprint density at radius 1 is 1.19 bits per heavy atom. The van der Waals surface area contributed by atoms with Crippen LogP contribution in [-0.2, 0) is 6.42 Å². The lowest BCUT2D eigenvalue weighted by Gasteiger charge is -2.17. The van der Waals surface area contributed by atoms with Crippen LogP contribution in [-0.4, -0.2) is 11.7 Å². The maximum atomic E-state index is 10.2. The lowest BCUT2D eigenvalue weighted by atomic mass is 10.1. The van der Waals surface area contributed by atoms with Gasteiger partial charge in [0.05, 0.1) is 17.7 Å². The van der Waals surface area contributed by atoms with E-state index in [1.54, 1.807) is 12.1 Å². The molecule has 0 aromatic heterocycles. The van der Waals surface area contributed by atoms with Gasteiger partial charge < -0.3 is 10.4 Å². The molecule has 2 aromatic rings. The van der Waals surface area contributed by atoms with E-state index in [0.717, 1.165) is 18.4 Å². The summed E-state index contributed by atoms with van der Waals surface area (Å²) >= 11 is 0. The van der Waals surface area contributed by atoms with Crippen LogP contribution in [0.15, 0.2) is 48.5 Å². The number of rotatable bonds is 4. The van der Waals surface area contributed by atoms with E-state index >= 15 is 0 Å². The van der Waals surface area contributed by atoms with Gasteiger partial charge in [0.1, 0.15) is 0 Å². The minimum atomic E-state index is -0.550. The Morgan fingerprint density at radius 2 is 1.95 bits per heavy atom. The van der Waals surface area contributed by atoms with E-state index in [1.807, 2.05) is 12.1 Å². The van der Waals surface area contributed by atoms with Crippen molar-refractivity contribution in [2.24, 2.45) is 0 Å². The topological polar surface area (TPSA) is 56.0 Å². The third kappa shape index (κ3) is 2.97. The van der Waals surface area contributed by atoms with Crippen LogP contribution in [0.5, 0.6) is 0 Å². The molecule has 0 aliphatic heterocycles. The Balaban J connectivity index is 1.61. The van der Waals surface area contributed by atoms with Crippen LogP contribution in [0.3, 0.4) is 0 Å². The van der Waals surface area contributed by atoms with Crippen molar-refractivity contribution < 1.29 is 5.11 Å². The number of aliphatic hydroxyl groups is 1. The molecule has 2 N–H and O–H groups in total. The number of hydrogen-bond acceptors (Lipinski definition) is 3. The minimum Gasteiger partial charge on any atom is -0.387 e. The zero-order valence-corrected chi connectivity index (χ0v) is 11.8. The molecule has 2 atom stereocenters. The van der Waals surface area contributed by atoms with Gasteiger partial charge in [0.15, 0.2) is 0 Å². The molecular weight excluding hydrogens is 260 g/mol. The van der Waals surface area contributed by atoms with E-state index in [1.165, 1.54) is 11.1 Å². The predicted molar refractivity (Wildman–Crippen MR) is 81.6 cm³/mol. The Bertz CT molecular complexity index is 658. The van der Waals surface area contributed by atoms with Gasteiger partial charge in [0.2, 0.25) is 0 Å². The van der Waals surface area contributed by atoms with E-state index < -0.39 is 6.10 Å². The molecule has 3 rings (SSSR count). The normalized spacial score (nSPS) is 18.0. The van der Waals surface area contributed by atoms with Crippen molar-refractivity contribution in [3.63, 3.8) is 0 Å². The number of aliphatic hydroxyl groups excluding tert-OH is 1. The number of nitriles is 1. The van der Waals surface area contributed by atoms with E-state index in [-0.39, 0.29) is 0 Å². The molecular formula is C18H18N2O. The van der Waals surface area contributed by atoms with E-state index in [9.17, 15) is 5.11 Å². The zero-order chi connectivity index (χ0) is 14.7. The highest BCUT2D eigenvalue weighted by Gasteiger charge is 2.22. The van der Waals surface area contributed by atoms with Crippen molar-refractivity contribution >= 4 is 0 Å². The standard InChI is InChI=1S/C18H18N2O/c19-11-13-5-7-15(8-6-13)18(21)12-20-17-10-9-14-3-1-2-4-16(14)17/h1-8,17-18,20-21H,9-10,12H2. The highest BCUT2D eigenvalue weighted by atomic mass is 16.3. The first-order chi connectivity index (χ1) is 10.3. The van der Waals surface area contributed by atoms with Gasteiger partial charge in [-0.15, -0.1) is 0 Å². The second kappa shape index (κ2) is 6.09. The molecule has 2 aromatic carbocycles. The number of aryl methyl sites for hydroxylation is 1. The van der Waals surface area contributed by atoms with Crippen molar-refractivity contribution in [2.45, 2.75) is 25.0 Å². The van der Waals surface area contributed by atoms with Gasteiger partial charge >= 0.3 is 0 Å². The van der Waals surface area contributed by atoms with E-state index in [4.69, 9.17) is 5.26 Å². The molecule has 3 nitrogen and oxygen atoms in total. The fourth-order valence-electron chi connectivity index (χ4n) is 2.92. The number of nitrogens with one attached hydrogen (secondary N) is 1. The van der Waals surface area contributed by atoms with Crippen LogP contribution in [0.25, 0.3) is 0 Å². The maximum absolute atomic E-state index is 10.2. The van der Waals surface area contributed by atoms with Gasteiger partial charge in [-0.2, -0.15) is 5.26 Å². The van der Waals surface area contributed by atoms with Crippen LogP contribution in [0.2, 0.25) is 0 Å². The number of nitrogens with zero attached hydrogens (tertiary/aromatic N) is 1. The summed E-state index contributed by atoms with van der Waals surface area (Å²) in [6.07, 6.45) is 1.63. The van der Waals surface area contributed by atoms with Crippen LogP contribution < -0.4 is 5.32 Å². The minimum absolute atomic E-state index is 0.328. The molecule has 21 heavy (non-hydrogen) atoms. The first kappa shape index (κ1) is 13.8. The van der Waals surface area contributed by atoms with Crippen LogP contribution in [0.1, 0.15) is 40.8 Å². The van der Waals surface area contributed by atoms with Crippen molar-refractivity contribution in [1.29, 1.82) is 5.26 Å². The Hall–Kier alpha value is -2.15. The van der Waals surface area contributed by atoms with Crippen molar-refractivity contribution in [2.75, 3.05) is 6.54 Å².